The second-order valence-electron chi connectivity index (χ2n) is 13.0. The molecule has 0 spiro atoms. The summed E-state index contributed by atoms with van der Waals surface area (Å²) < 4.78 is 60.5. The Morgan fingerprint density at radius 1 is 1.15 bits per heavy atom. The van der Waals surface area contributed by atoms with Crippen LogP contribution in [-0.4, -0.2) is 98.5 Å². The maximum atomic E-state index is 15.5. The predicted octanol–water partition coefficient (Wildman–Crippen LogP) is 6.62. The molecule has 11 atom stereocenters. The smallest absolute Gasteiger partial charge is 0.455 e. The lowest BCUT2D eigenvalue weighted by Gasteiger charge is -2.67. The van der Waals surface area contributed by atoms with Crippen molar-refractivity contribution in [1.29, 1.82) is 3.99 Å². The second kappa shape index (κ2) is 15.7. The molecule has 1 aromatic rings. The van der Waals surface area contributed by atoms with E-state index in [4.69, 9.17) is 36.4 Å². The van der Waals surface area contributed by atoms with Gasteiger partial charge >= 0.3 is 12.1 Å². The van der Waals surface area contributed by atoms with Crippen LogP contribution in [0.25, 0.3) is 0 Å². The van der Waals surface area contributed by atoms with E-state index in [0.29, 0.717) is 16.6 Å². The second-order valence-corrected chi connectivity index (χ2v) is 20.5. The van der Waals surface area contributed by atoms with E-state index in [-0.39, 0.29) is 30.5 Å². The highest BCUT2D eigenvalue weighted by molar-refractivity contribution is 14.2. The van der Waals surface area contributed by atoms with Crippen LogP contribution in [0.15, 0.2) is 41.5 Å². The highest BCUT2D eigenvalue weighted by Gasteiger charge is 2.78. The number of aliphatic hydroxyl groups excluding tert-OH is 1. The van der Waals surface area contributed by atoms with Gasteiger partial charge in [-0.15, -0.1) is 0 Å². The summed E-state index contributed by atoms with van der Waals surface area (Å²) in [6, 6.07) is 8.21. The molecule has 2 bridgehead atoms. The average Bonchev–Trinajstić information content (AvgIpc) is 3.07. The maximum absolute atomic E-state index is 15.5. The topological polar surface area (TPSA) is 147 Å². The van der Waals surface area contributed by atoms with Crippen molar-refractivity contribution in [2.24, 2.45) is 16.7 Å². The van der Waals surface area contributed by atoms with Gasteiger partial charge < -0.3 is 33.3 Å². The molecule has 1 saturated heterocycles. The van der Waals surface area contributed by atoms with Crippen LogP contribution in [0.5, 0.6) is 0 Å². The number of aliphatic hydroxyl groups is 2. The normalized spacial score (nSPS) is 39.1. The van der Waals surface area contributed by atoms with E-state index >= 15 is 4.79 Å². The van der Waals surface area contributed by atoms with E-state index in [1.807, 2.05) is 51.0 Å². The largest absolute Gasteiger partial charge is 0.508 e. The Labute approximate surface area is 322 Å². The molecule has 266 valence electrons. The number of halogens is 2. The number of hydrogen-bond acceptors (Lipinski definition) is 13. The molecular formula is C31H40I2O11P2S2. The molecule has 1 aromatic carbocycles. The number of rotatable bonds is 12. The SMILES string of the molecule is [2H]O[C@H]1CC2OC[C@@]2(OC(=O)OC)C2C(OC(=O)c3ccccc3)[C@]3(O)C[C@H](OSCP([2H])I)C(C)=C([C@@H](OSCP([2H])I)C(=O)[C@@]21C)C3(C)C. The molecule has 5 unspecified atom stereocenters. The summed E-state index contributed by atoms with van der Waals surface area (Å²) in [5.41, 5.74) is -4.99. The quantitative estimate of drug-likeness (QED) is 0.0762. The van der Waals surface area contributed by atoms with Crippen molar-refractivity contribution in [3.63, 3.8) is 0 Å². The number of Topliss-reactive ketones (excluding diaryl/α,β-unsaturated/α-hetero) is 1. The van der Waals surface area contributed by atoms with Crippen molar-refractivity contribution >= 4 is 98.4 Å². The average molecular weight is 972 g/mol. The Hall–Kier alpha value is 0.190. The van der Waals surface area contributed by atoms with E-state index < -0.39 is 88.7 Å². The molecule has 17 heteroatoms. The summed E-state index contributed by atoms with van der Waals surface area (Å²) in [7, 11) is 1.15. The van der Waals surface area contributed by atoms with Crippen LogP contribution in [0, 0.1) is 16.7 Å². The summed E-state index contributed by atoms with van der Waals surface area (Å²) in [5.74, 6) is -2.69. The summed E-state index contributed by atoms with van der Waals surface area (Å²) in [4.78, 5) is 42.7. The zero-order chi connectivity index (χ0) is 37.5. The van der Waals surface area contributed by atoms with Gasteiger partial charge in [-0.25, -0.2) is 9.59 Å². The molecule has 48 heavy (non-hydrogen) atoms. The minimum atomic E-state index is -2.03. The molecule has 2 saturated carbocycles. The minimum absolute atomic E-state index is 0.0428. The number of benzene rings is 1. The fourth-order valence-electron chi connectivity index (χ4n) is 7.97. The van der Waals surface area contributed by atoms with E-state index in [1.54, 1.807) is 51.1 Å². The third kappa shape index (κ3) is 6.64. The number of fused-ring (bicyclic) bond motifs is 5. The van der Waals surface area contributed by atoms with Crippen LogP contribution in [0.1, 0.15) is 50.9 Å². The zero-order valence-electron chi connectivity index (χ0n) is 29.9. The van der Waals surface area contributed by atoms with Crippen molar-refractivity contribution in [3.05, 3.63) is 47.0 Å². The Bertz CT molecular complexity index is 1520. The third-order valence-corrected chi connectivity index (χ3v) is 17.9. The van der Waals surface area contributed by atoms with Gasteiger partial charge in [-0.3, -0.25) is 8.98 Å². The molecule has 2 N–H and O–H groups in total. The van der Waals surface area contributed by atoms with Gasteiger partial charge in [-0.2, -0.15) is 0 Å². The van der Waals surface area contributed by atoms with Gasteiger partial charge in [0, 0.05) is 29.2 Å². The first-order valence-electron chi connectivity index (χ1n) is 16.4. The highest BCUT2D eigenvalue weighted by atomic mass is 127. The van der Waals surface area contributed by atoms with Crippen LogP contribution in [-0.2, 0) is 32.1 Å². The third-order valence-electron chi connectivity index (χ3n) is 10.5. The Balaban J connectivity index is 1.81. The Kier molecular flexibility index (Phi) is 11.5. The maximum Gasteiger partial charge on any atom is 0.508 e. The monoisotopic (exact) mass is 971 g/mol. The number of hydrogen-bond donors (Lipinski definition) is 2. The van der Waals surface area contributed by atoms with E-state index in [2.05, 4.69) is 0 Å². The molecule has 3 aliphatic carbocycles. The predicted molar refractivity (Wildman–Crippen MR) is 204 cm³/mol. The van der Waals surface area contributed by atoms with Crippen LogP contribution < -0.4 is 0 Å². The van der Waals surface area contributed by atoms with Gasteiger partial charge in [-0.1, -0.05) is 76.1 Å². The number of ether oxygens (including phenoxy) is 4. The Morgan fingerprint density at radius 2 is 1.81 bits per heavy atom. The minimum Gasteiger partial charge on any atom is -0.455 e. The molecular weight excluding hydrogens is 928 g/mol. The summed E-state index contributed by atoms with van der Waals surface area (Å²) in [6.07, 6.45) is -9.39. The lowest BCUT2D eigenvalue weighted by atomic mass is 9.44. The Morgan fingerprint density at radius 3 is 2.40 bits per heavy atom. The van der Waals surface area contributed by atoms with Crippen molar-refractivity contribution in [2.75, 3.05) is 24.7 Å². The van der Waals surface area contributed by atoms with Gasteiger partial charge in [0.25, 0.3) is 0 Å². The number of methoxy groups -OCH3 is 1. The molecule has 1 heterocycles. The van der Waals surface area contributed by atoms with E-state index in [0.717, 1.165) is 31.2 Å². The first-order valence-corrected chi connectivity index (χ1v) is 24.7. The molecule has 11 nitrogen and oxygen atoms in total. The van der Waals surface area contributed by atoms with Gasteiger partial charge in [0.1, 0.15) is 17.8 Å². The van der Waals surface area contributed by atoms with E-state index in [1.165, 1.54) is 0 Å². The number of esters is 1. The van der Waals surface area contributed by atoms with Crippen LogP contribution in [0.3, 0.4) is 0 Å². The molecule has 3 fully saturated rings. The fourth-order valence-corrected chi connectivity index (χ4v) is 11.5. The first kappa shape index (κ1) is 35.2. The van der Waals surface area contributed by atoms with Crippen molar-refractivity contribution < 1.29 is 51.9 Å². The summed E-state index contributed by atoms with van der Waals surface area (Å²) >= 11 is 6.08. The van der Waals surface area contributed by atoms with Gasteiger partial charge in [0.05, 0.1) is 45.4 Å². The van der Waals surface area contributed by atoms with Crippen LogP contribution in [0.4, 0.5) is 4.79 Å². The number of ketones is 1. The fraction of sp³-hybridized carbons (Fsp3) is 0.645. The summed E-state index contributed by atoms with van der Waals surface area (Å²) in [6.45, 7) is 6.67. The molecule has 0 amide bonds. The zero-order valence-corrected chi connectivity index (χ0v) is 34.6. The first-order chi connectivity index (χ1) is 24.0. The van der Waals surface area contributed by atoms with Crippen molar-refractivity contribution in [2.45, 2.75) is 82.3 Å². The summed E-state index contributed by atoms with van der Waals surface area (Å²) in [5, 5.41) is 18.8. The lowest BCUT2D eigenvalue weighted by molar-refractivity contribution is -0.343. The van der Waals surface area contributed by atoms with Gasteiger partial charge in [0.2, 0.25) is 1.43 Å². The van der Waals surface area contributed by atoms with Crippen LogP contribution >= 0.6 is 80.5 Å². The molecule has 4 aliphatic rings. The number of carbonyl (C=O) groups is 3. The molecule has 5 rings (SSSR count). The molecule has 0 aromatic heterocycles. The lowest BCUT2D eigenvalue weighted by Crippen LogP contribution is -2.81. The highest BCUT2D eigenvalue weighted by Crippen LogP contribution is 2.65. The number of carbonyl (C=O) groups excluding carboxylic acids is 3. The molecule has 1 aliphatic heterocycles. The molecule has 0 radical (unpaired) electrons. The van der Waals surface area contributed by atoms with Crippen molar-refractivity contribution in [1.82, 2.24) is 0 Å². The van der Waals surface area contributed by atoms with Gasteiger partial charge in [-0.05, 0) is 73.5 Å². The van der Waals surface area contributed by atoms with Gasteiger partial charge in [0.15, 0.2) is 17.5 Å². The van der Waals surface area contributed by atoms with Crippen LogP contribution in [0.2, 0.25) is 0 Å². The van der Waals surface area contributed by atoms with E-state index in [9.17, 15) is 14.7 Å². The van der Waals surface area contributed by atoms with Crippen molar-refractivity contribution in [3.8, 4) is 0 Å². The standard InChI is InChI=1S/C31H40I2O11P2S2/c1-16-18(43-47-14-45-32)12-31(38)25(41-26(36)17-9-7-6-8-10-17)23-29(4,19(34)11-20-30(23,13-40-20)42-27(37)39-5)24(35)22(44-48-15-46-33)21(16)28(31,2)3/h6-10,18-20,22-23,25,34,38,45-46H,11-15H2,1-5H3/t18-,19-,20?,22+,23?,25?,29+,30-,31+,45?,46?/m0/s1/i34D,45D,46D.